The van der Waals surface area contributed by atoms with E-state index in [2.05, 4.69) is 12.2 Å². The van der Waals surface area contributed by atoms with Crippen molar-refractivity contribution in [2.24, 2.45) is 0 Å². The number of hydrogen-bond donors (Lipinski definition) is 1. The van der Waals surface area contributed by atoms with Gasteiger partial charge in [-0.15, -0.1) is 0 Å². The van der Waals surface area contributed by atoms with Gasteiger partial charge < -0.3 is 15.0 Å². The molecule has 0 atom stereocenters. The first-order valence-corrected chi connectivity index (χ1v) is 7.87. The number of rotatable bonds is 8. The Hall–Kier alpha value is -1.26. The quantitative estimate of drug-likeness (QED) is 0.751. The van der Waals surface area contributed by atoms with E-state index in [-0.39, 0.29) is 12.5 Å². The zero-order valence-corrected chi connectivity index (χ0v) is 13.4. The number of nitrogens with zero attached hydrogens (tertiary/aromatic N) is 1. The average Bonchev–Trinajstić information content (AvgIpc) is 3.30. The van der Waals surface area contributed by atoms with Gasteiger partial charge in [0.25, 0.3) is 5.91 Å². The fourth-order valence-electron chi connectivity index (χ4n) is 2.13. The Morgan fingerprint density at radius 3 is 2.90 bits per heavy atom. The van der Waals surface area contributed by atoms with E-state index in [0.29, 0.717) is 17.6 Å². The molecule has 2 rings (SSSR count). The predicted molar refractivity (Wildman–Crippen MR) is 84.7 cm³/mol. The molecule has 0 saturated heterocycles. The van der Waals surface area contributed by atoms with E-state index in [1.54, 1.807) is 11.0 Å². The second-order valence-electron chi connectivity index (χ2n) is 5.45. The van der Waals surface area contributed by atoms with Crippen molar-refractivity contribution in [1.29, 1.82) is 0 Å². The van der Waals surface area contributed by atoms with Crippen molar-refractivity contribution in [2.75, 3.05) is 20.2 Å². The van der Waals surface area contributed by atoms with Crippen LogP contribution in [0.15, 0.2) is 18.2 Å². The Balaban J connectivity index is 1.92. The van der Waals surface area contributed by atoms with Crippen molar-refractivity contribution in [3.8, 4) is 5.75 Å². The average molecular weight is 311 g/mol. The van der Waals surface area contributed by atoms with Crippen LogP contribution in [0.5, 0.6) is 5.75 Å². The van der Waals surface area contributed by atoms with Crippen LogP contribution in [-0.4, -0.2) is 37.0 Å². The second kappa shape index (κ2) is 7.66. The molecule has 0 unspecified atom stereocenters. The molecule has 1 aliphatic carbocycles. The lowest BCUT2D eigenvalue weighted by Gasteiger charge is -2.18. The van der Waals surface area contributed by atoms with Gasteiger partial charge in [0.1, 0.15) is 5.75 Å². The number of carbonyl (C=O) groups excluding carboxylic acids is 1. The molecule has 0 bridgehead atoms. The summed E-state index contributed by atoms with van der Waals surface area (Å²) in [5.41, 5.74) is 0.984. The van der Waals surface area contributed by atoms with E-state index in [9.17, 15) is 4.79 Å². The van der Waals surface area contributed by atoms with Crippen molar-refractivity contribution in [1.82, 2.24) is 10.2 Å². The monoisotopic (exact) mass is 310 g/mol. The zero-order valence-electron chi connectivity index (χ0n) is 12.7. The molecule has 116 valence electrons. The minimum atomic E-state index is 0.0277. The molecule has 1 amide bonds. The Kier molecular flexibility index (Phi) is 5.88. The van der Waals surface area contributed by atoms with Crippen molar-refractivity contribution in [3.63, 3.8) is 0 Å². The molecule has 5 heteroatoms. The molecular formula is C16H23ClN2O2. The zero-order chi connectivity index (χ0) is 15.2. The van der Waals surface area contributed by atoms with Gasteiger partial charge in [0.05, 0.1) is 0 Å². The molecule has 0 heterocycles. The summed E-state index contributed by atoms with van der Waals surface area (Å²) in [4.78, 5) is 13.8. The summed E-state index contributed by atoms with van der Waals surface area (Å²) in [6.07, 6.45) is 3.28. The van der Waals surface area contributed by atoms with Crippen molar-refractivity contribution >= 4 is 17.5 Å². The minimum Gasteiger partial charge on any atom is -0.483 e. The molecule has 1 aromatic carbocycles. The molecule has 0 spiro atoms. The summed E-state index contributed by atoms with van der Waals surface area (Å²) >= 11 is 6.03. The molecule has 1 fully saturated rings. The molecular weight excluding hydrogens is 288 g/mol. The van der Waals surface area contributed by atoms with E-state index in [4.69, 9.17) is 16.3 Å². The lowest BCUT2D eigenvalue weighted by atomic mass is 10.2. The van der Waals surface area contributed by atoms with Crippen molar-refractivity contribution in [2.45, 2.75) is 38.8 Å². The van der Waals surface area contributed by atoms with E-state index in [1.165, 1.54) is 0 Å². The maximum atomic E-state index is 12.0. The molecule has 21 heavy (non-hydrogen) atoms. The maximum absolute atomic E-state index is 12.0. The SMILES string of the molecule is CCCNCc1cc(Cl)ccc1OCC(=O)N(C)C1CC1. The lowest BCUT2D eigenvalue weighted by molar-refractivity contribution is -0.132. The molecule has 0 aromatic heterocycles. The van der Waals surface area contributed by atoms with Crippen molar-refractivity contribution < 1.29 is 9.53 Å². The molecule has 1 aliphatic rings. The molecule has 1 N–H and O–H groups in total. The number of benzene rings is 1. The smallest absolute Gasteiger partial charge is 0.260 e. The van der Waals surface area contributed by atoms with Crippen LogP contribution in [0.1, 0.15) is 31.7 Å². The summed E-state index contributed by atoms with van der Waals surface area (Å²) < 4.78 is 5.69. The standard InChI is InChI=1S/C16H23ClN2O2/c1-3-8-18-10-12-9-13(17)4-7-15(12)21-11-16(20)19(2)14-5-6-14/h4,7,9,14,18H,3,5-6,8,10-11H2,1-2H3. The Bertz CT molecular complexity index is 489. The lowest BCUT2D eigenvalue weighted by Crippen LogP contribution is -2.33. The van der Waals surface area contributed by atoms with Gasteiger partial charge in [0.2, 0.25) is 0 Å². The van der Waals surface area contributed by atoms with Gasteiger partial charge in [0.15, 0.2) is 6.61 Å². The molecule has 0 aliphatic heterocycles. The van der Waals surface area contributed by atoms with Crippen LogP contribution in [0.4, 0.5) is 0 Å². The van der Waals surface area contributed by atoms with Gasteiger partial charge in [-0.3, -0.25) is 4.79 Å². The highest BCUT2D eigenvalue weighted by atomic mass is 35.5. The third-order valence-electron chi connectivity index (χ3n) is 3.60. The van der Waals surface area contributed by atoms with Gasteiger partial charge in [-0.05, 0) is 44.0 Å². The topological polar surface area (TPSA) is 41.6 Å². The molecule has 1 aromatic rings. The van der Waals surface area contributed by atoms with Crippen LogP contribution in [0, 0.1) is 0 Å². The first-order chi connectivity index (χ1) is 10.1. The fourth-order valence-corrected chi connectivity index (χ4v) is 2.33. The summed E-state index contributed by atoms with van der Waals surface area (Å²) in [6.45, 7) is 3.83. The summed E-state index contributed by atoms with van der Waals surface area (Å²) in [7, 11) is 1.84. The summed E-state index contributed by atoms with van der Waals surface area (Å²) in [5.74, 6) is 0.750. The first-order valence-electron chi connectivity index (χ1n) is 7.49. The van der Waals surface area contributed by atoms with Crippen LogP contribution in [0.2, 0.25) is 5.02 Å². The highest BCUT2D eigenvalue weighted by Crippen LogP contribution is 2.26. The third kappa shape index (κ3) is 4.90. The van der Waals surface area contributed by atoms with Crippen LogP contribution in [-0.2, 0) is 11.3 Å². The number of amides is 1. The highest BCUT2D eigenvalue weighted by Gasteiger charge is 2.29. The maximum Gasteiger partial charge on any atom is 0.260 e. The van der Waals surface area contributed by atoms with Gasteiger partial charge in [0, 0.05) is 30.2 Å². The summed E-state index contributed by atoms with van der Waals surface area (Å²) in [5, 5.41) is 4.00. The Morgan fingerprint density at radius 1 is 1.48 bits per heavy atom. The predicted octanol–water partition coefficient (Wildman–Crippen LogP) is 2.84. The van der Waals surface area contributed by atoms with Gasteiger partial charge in [-0.2, -0.15) is 0 Å². The Labute approximate surface area is 131 Å². The Morgan fingerprint density at radius 2 is 2.24 bits per heavy atom. The number of hydrogen-bond acceptors (Lipinski definition) is 3. The largest absolute Gasteiger partial charge is 0.483 e. The van der Waals surface area contributed by atoms with E-state index < -0.39 is 0 Å². The third-order valence-corrected chi connectivity index (χ3v) is 3.84. The number of nitrogens with one attached hydrogen (secondary N) is 1. The van der Waals surface area contributed by atoms with Gasteiger partial charge >= 0.3 is 0 Å². The number of halogens is 1. The van der Waals surface area contributed by atoms with Crippen LogP contribution in [0.25, 0.3) is 0 Å². The van der Waals surface area contributed by atoms with Crippen LogP contribution >= 0.6 is 11.6 Å². The van der Waals surface area contributed by atoms with Crippen LogP contribution in [0.3, 0.4) is 0 Å². The number of carbonyl (C=O) groups is 1. The number of ether oxygens (including phenoxy) is 1. The van der Waals surface area contributed by atoms with Gasteiger partial charge in [-0.1, -0.05) is 18.5 Å². The first kappa shape index (κ1) is 16.1. The minimum absolute atomic E-state index is 0.0277. The van der Waals surface area contributed by atoms with E-state index in [0.717, 1.165) is 37.1 Å². The summed E-state index contributed by atoms with van der Waals surface area (Å²) in [6, 6.07) is 5.91. The highest BCUT2D eigenvalue weighted by molar-refractivity contribution is 6.30. The fraction of sp³-hybridized carbons (Fsp3) is 0.562. The molecule has 4 nitrogen and oxygen atoms in total. The number of likely N-dealkylation sites (N-methyl/N-ethyl adjacent to an activating group) is 1. The normalized spacial score (nSPS) is 14.0. The van der Waals surface area contributed by atoms with E-state index in [1.807, 2.05) is 19.2 Å². The van der Waals surface area contributed by atoms with Crippen LogP contribution < -0.4 is 10.1 Å². The van der Waals surface area contributed by atoms with Crippen molar-refractivity contribution in [3.05, 3.63) is 28.8 Å². The molecule has 0 radical (unpaired) electrons. The van der Waals surface area contributed by atoms with Gasteiger partial charge in [-0.25, -0.2) is 0 Å². The second-order valence-corrected chi connectivity index (χ2v) is 5.89. The molecule has 1 saturated carbocycles. The van der Waals surface area contributed by atoms with E-state index >= 15 is 0 Å².